The van der Waals surface area contributed by atoms with Crippen molar-refractivity contribution in [3.8, 4) is 0 Å². The number of hydrogen-bond donors (Lipinski definition) is 1. The summed E-state index contributed by atoms with van der Waals surface area (Å²) < 4.78 is 1.07. The molecule has 17 heavy (non-hydrogen) atoms. The summed E-state index contributed by atoms with van der Waals surface area (Å²) >= 11 is 3.49. The molecule has 1 N–H and O–H groups in total. The van der Waals surface area contributed by atoms with E-state index >= 15 is 0 Å². The molecule has 94 valence electrons. The maximum absolute atomic E-state index is 4.26. The average Bonchev–Trinajstić information content (AvgIpc) is 2.37. The fraction of sp³-hybridized carbons (Fsp3) is 0.643. The van der Waals surface area contributed by atoms with Crippen molar-refractivity contribution >= 4 is 15.9 Å². The lowest BCUT2D eigenvalue weighted by molar-refractivity contribution is 0.305. The molecule has 0 bridgehead atoms. The number of halogens is 1. The molecule has 1 aromatic rings. The van der Waals surface area contributed by atoms with Gasteiger partial charge in [0.2, 0.25) is 0 Å². The van der Waals surface area contributed by atoms with Gasteiger partial charge in [-0.1, -0.05) is 32.1 Å². The second kappa shape index (κ2) is 6.50. The number of nitrogens with zero attached hydrogens (tertiary/aromatic N) is 1. The van der Waals surface area contributed by atoms with Gasteiger partial charge in [-0.15, -0.1) is 0 Å². The standard InChI is InChI=1S/C14H21BrN2/c1-16-14(7-11-5-3-2-4-6-11)12-8-13(15)10-17-9-12/h8-11,14,16H,2-7H2,1H3. The predicted octanol–water partition coefficient (Wildman–Crippen LogP) is 4.08. The van der Waals surface area contributed by atoms with Crippen LogP contribution in [0.5, 0.6) is 0 Å². The van der Waals surface area contributed by atoms with Crippen molar-refractivity contribution in [2.24, 2.45) is 5.92 Å². The summed E-state index contributed by atoms with van der Waals surface area (Å²) in [6.45, 7) is 0. The van der Waals surface area contributed by atoms with Crippen LogP contribution in [0.25, 0.3) is 0 Å². The first-order valence-corrected chi connectivity index (χ1v) is 7.36. The molecule has 0 saturated heterocycles. The fourth-order valence-corrected chi connectivity index (χ4v) is 3.18. The first-order chi connectivity index (χ1) is 8.29. The zero-order chi connectivity index (χ0) is 12.1. The fourth-order valence-electron chi connectivity index (χ4n) is 2.80. The summed E-state index contributed by atoms with van der Waals surface area (Å²) in [4.78, 5) is 4.26. The van der Waals surface area contributed by atoms with Crippen molar-refractivity contribution in [1.82, 2.24) is 10.3 Å². The average molecular weight is 297 g/mol. The number of aromatic nitrogens is 1. The van der Waals surface area contributed by atoms with Crippen LogP contribution in [-0.4, -0.2) is 12.0 Å². The molecule has 0 amide bonds. The summed E-state index contributed by atoms with van der Waals surface area (Å²) in [5, 5.41) is 3.43. The minimum absolute atomic E-state index is 0.447. The lowest BCUT2D eigenvalue weighted by Gasteiger charge is -2.26. The van der Waals surface area contributed by atoms with Gasteiger partial charge in [0.05, 0.1) is 0 Å². The van der Waals surface area contributed by atoms with Crippen LogP contribution < -0.4 is 5.32 Å². The Morgan fingerprint density at radius 1 is 1.35 bits per heavy atom. The Bertz CT molecular complexity index is 348. The van der Waals surface area contributed by atoms with Gasteiger partial charge in [-0.25, -0.2) is 0 Å². The van der Waals surface area contributed by atoms with Crippen LogP contribution in [0.4, 0.5) is 0 Å². The van der Waals surface area contributed by atoms with Gasteiger partial charge in [0.15, 0.2) is 0 Å². The van der Waals surface area contributed by atoms with Gasteiger partial charge < -0.3 is 5.32 Å². The molecular weight excluding hydrogens is 276 g/mol. The molecular formula is C14H21BrN2. The van der Waals surface area contributed by atoms with Gasteiger partial charge in [0, 0.05) is 22.9 Å². The minimum atomic E-state index is 0.447. The smallest absolute Gasteiger partial charge is 0.0410 e. The van der Waals surface area contributed by atoms with Crippen molar-refractivity contribution in [3.63, 3.8) is 0 Å². The van der Waals surface area contributed by atoms with Crippen LogP contribution in [0.15, 0.2) is 22.9 Å². The first-order valence-electron chi connectivity index (χ1n) is 6.57. The van der Waals surface area contributed by atoms with Crippen molar-refractivity contribution in [2.75, 3.05) is 7.05 Å². The first kappa shape index (κ1) is 13.0. The Morgan fingerprint density at radius 3 is 2.76 bits per heavy atom. The third-order valence-corrected chi connectivity index (χ3v) is 4.20. The highest BCUT2D eigenvalue weighted by molar-refractivity contribution is 9.10. The Morgan fingerprint density at radius 2 is 2.12 bits per heavy atom. The maximum atomic E-state index is 4.26. The van der Waals surface area contributed by atoms with E-state index in [2.05, 4.69) is 32.3 Å². The Kier molecular flexibility index (Phi) is 4.99. The molecule has 1 aliphatic carbocycles. The van der Waals surface area contributed by atoms with Gasteiger partial charge in [0.1, 0.15) is 0 Å². The summed E-state index contributed by atoms with van der Waals surface area (Å²) in [5.41, 5.74) is 1.30. The van der Waals surface area contributed by atoms with Crippen molar-refractivity contribution < 1.29 is 0 Å². The van der Waals surface area contributed by atoms with Crippen LogP contribution in [0.3, 0.4) is 0 Å². The molecule has 2 rings (SSSR count). The summed E-state index contributed by atoms with van der Waals surface area (Å²) in [5.74, 6) is 0.889. The van der Waals surface area contributed by atoms with Crippen LogP contribution >= 0.6 is 15.9 Å². The van der Waals surface area contributed by atoms with Gasteiger partial charge in [-0.3, -0.25) is 4.98 Å². The number of rotatable bonds is 4. The third-order valence-electron chi connectivity index (χ3n) is 3.77. The van der Waals surface area contributed by atoms with E-state index in [1.165, 1.54) is 44.1 Å². The summed E-state index contributed by atoms with van der Waals surface area (Å²) in [6.07, 6.45) is 12.1. The normalized spacial score (nSPS) is 19.2. The maximum Gasteiger partial charge on any atom is 0.0410 e. The third kappa shape index (κ3) is 3.78. The number of nitrogens with one attached hydrogen (secondary N) is 1. The molecule has 1 atom stereocenters. The molecule has 1 saturated carbocycles. The molecule has 3 heteroatoms. The second-order valence-corrected chi connectivity index (χ2v) is 5.93. The molecule has 2 nitrogen and oxygen atoms in total. The number of pyridine rings is 1. The molecule has 1 aliphatic rings. The van der Waals surface area contributed by atoms with E-state index in [0.29, 0.717) is 6.04 Å². The topological polar surface area (TPSA) is 24.9 Å². The lowest BCUT2D eigenvalue weighted by atomic mass is 9.83. The van der Waals surface area contributed by atoms with E-state index < -0.39 is 0 Å². The van der Waals surface area contributed by atoms with Gasteiger partial charge in [-0.05, 0) is 46.9 Å². The Balaban J connectivity index is 2.00. The SMILES string of the molecule is CNC(CC1CCCCC1)c1cncc(Br)c1. The zero-order valence-corrected chi connectivity index (χ0v) is 12.0. The highest BCUT2D eigenvalue weighted by Crippen LogP contribution is 2.32. The molecule has 1 aromatic heterocycles. The quantitative estimate of drug-likeness (QED) is 0.906. The van der Waals surface area contributed by atoms with E-state index in [1.54, 1.807) is 0 Å². The largest absolute Gasteiger partial charge is 0.313 e. The van der Waals surface area contributed by atoms with Gasteiger partial charge in [-0.2, -0.15) is 0 Å². The van der Waals surface area contributed by atoms with E-state index in [-0.39, 0.29) is 0 Å². The molecule has 1 unspecified atom stereocenters. The van der Waals surface area contributed by atoms with Crippen LogP contribution in [0, 0.1) is 5.92 Å². The molecule has 0 spiro atoms. The highest BCUT2D eigenvalue weighted by atomic mass is 79.9. The van der Waals surface area contributed by atoms with Crippen LogP contribution in [0.1, 0.15) is 50.1 Å². The van der Waals surface area contributed by atoms with Crippen LogP contribution in [0.2, 0.25) is 0 Å². The molecule has 1 heterocycles. The monoisotopic (exact) mass is 296 g/mol. The molecule has 1 fully saturated rings. The van der Waals surface area contributed by atoms with Crippen LogP contribution in [-0.2, 0) is 0 Å². The van der Waals surface area contributed by atoms with E-state index in [9.17, 15) is 0 Å². The van der Waals surface area contributed by atoms with E-state index in [1.807, 2.05) is 19.4 Å². The lowest BCUT2D eigenvalue weighted by Crippen LogP contribution is -2.21. The van der Waals surface area contributed by atoms with Crippen molar-refractivity contribution in [2.45, 2.75) is 44.6 Å². The second-order valence-electron chi connectivity index (χ2n) is 5.02. The Labute approximate surface area is 112 Å². The summed E-state index contributed by atoms with van der Waals surface area (Å²) in [6, 6.07) is 2.62. The highest BCUT2D eigenvalue weighted by Gasteiger charge is 2.19. The van der Waals surface area contributed by atoms with Crippen molar-refractivity contribution in [3.05, 3.63) is 28.5 Å². The van der Waals surface area contributed by atoms with E-state index in [0.717, 1.165) is 10.4 Å². The Hall–Kier alpha value is -0.410. The minimum Gasteiger partial charge on any atom is -0.313 e. The van der Waals surface area contributed by atoms with E-state index in [4.69, 9.17) is 0 Å². The van der Waals surface area contributed by atoms with Gasteiger partial charge >= 0.3 is 0 Å². The predicted molar refractivity (Wildman–Crippen MR) is 74.9 cm³/mol. The molecule has 0 radical (unpaired) electrons. The molecule has 0 aliphatic heterocycles. The zero-order valence-electron chi connectivity index (χ0n) is 10.5. The van der Waals surface area contributed by atoms with Gasteiger partial charge in [0.25, 0.3) is 0 Å². The molecule has 0 aromatic carbocycles. The number of hydrogen-bond acceptors (Lipinski definition) is 2. The van der Waals surface area contributed by atoms with Crippen molar-refractivity contribution in [1.29, 1.82) is 0 Å². The summed E-state index contributed by atoms with van der Waals surface area (Å²) in [7, 11) is 2.05.